The summed E-state index contributed by atoms with van der Waals surface area (Å²) in [6.07, 6.45) is 7.00. The van der Waals surface area contributed by atoms with Crippen LogP contribution in [-0.4, -0.2) is 9.97 Å². The molecule has 0 N–H and O–H groups in total. The zero-order valence-electron chi connectivity index (χ0n) is 8.34. The zero-order chi connectivity index (χ0) is 10.5. The SMILES string of the molecule is Cl.Cl.[O]=[V].c1ccncc1.c1ccncc1. The van der Waals surface area contributed by atoms with E-state index >= 15 is 0 Å². The number of aromatic nitrogens is 2. The first kappa shape index (κ1) is 20.6. The van der Waals surface area contributed by atoms with E-state index in [1.54, 1.807) is 24.8 Å². The fraction of sp³-hybridized carbons (Fsp3) is 0. The molecule has 0 saturated carbocycles. The Kier molecular flexibility index (Phi) is 25.5. The van der Waals surface area contributed by atoms with Crippen molar-refractivity contribution >= 4 is 24.8 Å². The van der Waals surface area contributed by atoms with Crippen molar-refractivity contribution in [3.63, 3.8) is 0 Å². The van der Waals surface area contributed by atoms with E-state index in [0.29, 0.717) is 0 Å². The topological polar surface area (TPSA) is 42.9 Å². The summed E-state index contributed by atoms with van der Waals surface area (Å²) in [5.41, 5.74) is 0. The van der Waals surface area contributed by atoms with E-state index in [2.05, 4.69) is 9.97 Å². The van der Waals surface area contributed by atoms with E-state index in [-0.39, 0.29) is 24.8 Å². The van der Waals surface area contributed by atoms with Gasteiger partial charge in [-0.2, -0.15) is 0 Å². The van der Waals surface area contributed by atoms with E-state index in [1.807, 2.05) is 36.4 Å². The van der Waals surface area contributed by atoms with Crippen LogP contribution < -0.4 is 0 Å². The zero-order valence-corrected chi connectivity index (χ0v) is 11.4. The molecular formula is C10H12Cl2N2OV. The fourth-order valence-corrected chi connectivity index (χ4v) is 0.625. The van der Waals surface area contributed by atoms with Crippen LogP contribution in [0.3, 0.4) is 0 Å². The molecule has 0 aliphatic heterocycles. The summed E-state index contributed by atoms with van der Waals surface area (Å²) in [6.45, 7) is 0. The van der Waals surface area contributed by atoms with Crippen LogP contribution >= 0.6 is 24.8 Å². The van der Waals surface area contributed by atoms with Crippen LogP contribution in [0.2, 0.25) is 0 Å². The third kappa shape index (κ3) is 15.7. The molecule has 0 spiro atoms. The second-order valence-corrected chi connectivity index (χ2v) is 2.05. The average Bonchev–Trinajstić information content (AvgIpc) is 2.37. The van der Waals surface area contributed by atoms with Crippen LogP contribution in [0.25, 0.3) is 0 Å². The summed E-state index contributed by atoms with van der Waals surface area (Å²) in [6, 6.07) is 11.4. The van der Waals surface area contributed by atoms with Crippen molar-refractivity contribution in [2.75, 3.05) is 0 Å². The molecule has 0 bridgehead atoms. The largest absolute Gasteiger partial charge is 0.265 e. The van der Waals surface area contributed by atoms with Crippen molar-refractivity contribution in [1.82, 2.24) is 9.97 Å². The first-order valence-corrected chi connectivity index (χ1v) is 4.45. The van der Waals surface area contributed by atoms with Gasteiger partial charge in [0, 0.05) is 24.8 Å². The standard InChI is InChI=1S/2C5H5N.2ClH.O.V/c2*1-2-4-6-5-3-1;;;;/h2*1-5H;2*1H;;. The normalized spacial score (nSPS) is 6.19. The maximum atomic E-state index is 8.19. The van der Waals surface area contributed by atoms with Gasteiger partial charge in [-0.1, -0.05) is 12.1 Å². The molecule has 0 aromatic carbocycles. The summed E-state index contributed by atoms with van der Waals surface area (Å²) in [5, 5.41) is 0. The Balaban J connectivity index is -0.000000165. The summed E-state index contributed by atoms with van der Waals surface area (Å²) in [7, 11) is 0. The van der Waals surface area contributed by atoms with Gasteiger partial charge in [0.25, 0.3) is 0 Å². The van der Waals surface area contributed by atoms with Crippen LogP contribution in [0.5, 0.6) is 0 Å². The quantitative estimate of drug-likeness (QED) is 0.751. The van der Waals surface area contributed by atoms with Gasteiger partial charge in [0.2, 0.25) is 0 Å². The molecule has 2 rings (SSSR count). The molecule has 3 nitrogen and oxygen atoms in total. The monoisotopic (exact) mass is 297 g/mol. The minimum atomic E-state index is 0. The maximum absolute atomic E-state index is 8.19. The number of hydrogen-bond acceptors (Lipinski definition) is 3. The number of nitrogens with zero attached hydrogens (tertiary/aromatic N) is 2. The van der Waals surface area contributed by atoms with Gasteiger partial charge in [0.05, 0.1) is 0 Å². The third-order valence-corrected chi connectivity index (χ3v) is 1.13. The molecule has 2 aromatic heterocycles. The van der Waals surface area contributed by atoms with E-state index in [0.717, 1.165) is 17.4 Å². The first-order valence-electron chi connectivity index (χ1n) is 3.88. The minimum absolute atomic E-state index is 0. The molecule has 0 atom stereocenters. The molecule has 0 amide bonds. The molecular weight excluding hydrogens is 286 g/mol. The molecule has 0 aliphatic rings. The first-order chi connectivity index (χ1) is 7.00. The van der Waals surface area contributed by atoms with Crippen LogP contribution in [0.4, 0.5) is 0 Å². The third-order valence-electron chi connectivity index (χ3n) is 1.13. The molecule has 0 radical (unpaired) electrons. The Hall–Kier alpha value is -0.736. The van der Waals surface area contributed by atoms with Crippen LogP contribution in [0.1, 0.15) is 0 Å². The van der Waals surface area contributed by atoms with Gasteiger partial charge in [-0.05, 0) is 24.3 Å². The second-order valence-electron chi connectivity index (χ2n) is 2.05. The van der Waals surface area contributed by atoms with Gasteiger partial charge in [-0.3, -0.25) is 9.97 Å². The Morgan fingerprint density at radius 3 is 0.875 bits per heavy atom. The Morgan fingerprint density at radius 1 is 0.562 bits per heavy atom. The Labute approximate surface area is 117 Å². The maximum Gasteiger partial charge on any atom is 0.0267 e. The van der Waals surface area contributed by atoms with Gasteiger partial charge in [-0.15, -0.1) is 24.8 Å². The van der Waals surface area contributed by atoms with E-state index in [9.17, 15) is 0 Å². The minimum Gasteiger partial charge on any atom is -0.265 e. The smallest absolute Gasteiger partial charge is 0.0267 e. The average molecular weight is 298 g/mol. The van der Waals surface area contributed by atoms with E-state index in [4.69, 9.17) is 3.67 Å². The van der Waals surface area contributed by atoms with Crippen LogP contribution in [0, 0.1) is 0 Å². The van der Waals surface area contributed by atoms with Crippen molar-refractivity contribution in [2.45, 2.75) is 0 Å². The fourth-order valence-electron chi connectivity index (χ4n) is 0.625. The van der Waals surface area contributed by atoms with Crippen molar-refractivity contribution in [3.05, 3.63) is 61.2 Å². The molecule has 0 aliphatic carbocycles. The van der Waals surface area contributed by atoms with Crippen molar-refractivity contribution in [2.24, 2.45) is 0 Å². The summed E-state index contributed by atoms with van der Waals surface area (Å²) >= 11 is 1.06. The van der Waals surface area contributed by atoms with Crippen LogP contribution in [0.15, 0.2) is 61.2 Å². The molecule has 87 valence electrons. The van der Waals surface area contributed by atoms with Gasteiger partial charge in [0.1, 0.15) is 0 Å². The molecule has 0 saturated heterocycles. The molecule has 0 unspecified atom stereocenters. The van der Waals surface area contributed by atoms with Gasteiger partial charge in [0.15, 0.2) is 0 Å². The van der Waals surface area contributed by atoms with Crippen LogP contribution in [-0.2, 0) is 21.0 Å². The van der Waals surface area contributed by atoms with E-state index in [1.165, 1.54) is 0 Å². The summed E-state index contributed by atoms with van der Waals surface area (Å²) in [4.78, 5) is 7.57. The molecule has 16 heavy (non-hydrogen) atoms. The molecule has 2 aromatic rings. The predicted molar refractivity (Wildman–Crippen MR) is 63.7 cm³/mol. The number of rotatable bonds is 0. The van der Waals surface area contributed by atoms with Gasteiger partial charge >= 0.3 is 21.0 Å². The predicted octanol–water partition coefficient (Wildman–Crippen LogP) is 2.89. The molecule has 2 heterocycles. The molecule has 6 heteroatoms. The van der Waals surface area contributed by atoms with Crippen molar-refractivity contribution < 1.29 is 21.0 Å². The van der Waals surface area contributed by atoms with Gasteiger partial charge in [-0.25, -0.2) is 0 Å². The second kappa shape index (κ2) is 19.8. The Morgan fingerprint density at radius 2 is 0.812 bits per heavy atom. The molecule has 0 fully saturated rings. The summed E-state index contributed by atoms with van der Waals surface area (Å²) in [5.74, 6) is 0. The number of halogens is 2. The van der Waals surface area contributed by atoms with Gasteiger partial charge < -0.3 is 0 Å². The van der Waals surface area contributed by atoms with Crippen molar-refractivity contribution in [1.29, 1.82) is 0 Å². The van der Waals surface area contributed by atoms with Crippen molar-refractivity contribution in [3.8, 4) is 0 Å². The Bertz CT molecular complexity index is 215. The number of pyridine rings is 2. The number of hydrogen-bond donors (Lipinski definition) is 0. The van der Waals surface area contributed by atoms with E-state index < -0.39 is 0 Å². The summed E-state index contributed by atoms with van der Waals surface area (Å²) < 4.78 is 8.19.